The molecule has 2 rings (SSSR count). The van der Waals surface area contributed by atoms with Crippen LogP contribution in [-0.2, 0) is 9.59 Å². The van der Waals surface area contributed by atoms with Crippen LogP contribution in [0.5, 0.6) is 0 Å². The minimum atomic E-state index is -0.319. The summed E-state index contributed by atoms with van der Waals surface area (Å²) in [6, 6.07) is -0.319. The minimum Gasteiger partial charge on any atom is -0.396 e. The Bertz CT molecular complexity index is 329. The van der Waals surface area contributed by atoms with Crippen molar-refractivity contribution in [2.45, 2.75) is 45.1 Å². The van der Waals surface area contributed by atoms with E-state index in [4.69, 9.17) is 0 Å². The molecule has 2 N–H and O–H groups in total. The summed E-state index contributed by atoms with van der Waals surface area (Å²) in [5.74, 6) is 0.0205. The van der Waals surface area contributed by atoms with Gasteiger partial charge in [-0.15, -0.1) is 0 Å². The molecule has 0 bridgehead atoms. The van der Waals surface area contributed by atoms with Crippen molar-refractivity contribution in [2.24, 2.45) is 5.41 Å². The second-order valence-electron chi connectivity index (χ2n) is 5.50. The lowest BCUT2D eigenvalue weighted by molar-refractivity contribution is -0.137. The van der Waals surface area contributed by atoms with E-state index in [1.165, 1.54) is 0 Å². The van der Waals surface area contributed by atoms with E-state index >= 15 is 0 Å². The highest BCUT2D eigenvalue weighted by atomic mass is 16.3. The van der Waals surface area contributed by atoms with Crippen molar-refractivity contribution in [2.75, 3.05) is 19.7 Å². The van der Waals surface area contributed by atoms with Crippen molar-refractivity contribution in [3.8, 4) is 0 Å². The van der Waals surface area contributed by atoms with E-state index in [9.17, 15) is 14.7 Å². The van der Waals surface area contributed by atoms with Crippen molar-refractivity contribution in [1.29, 1.82) is 0 Å². The Balaban J connectivity index is 1.89. The molecule has 5 nitrogen and oxygen atoms in total. The minimum absolute atomic E-state index is 0.00426. The van der Waals surface area contributed by atoms with Gasteiger partial charge in [0.1, 0.15) is 6.04 Å². The van der Waals surface area contributed by atoms with Crippen LogP contribution in [-0.4, -0.2) is 47.6 Å². The maximum atomic E-state index is 12.2. The molecule has 1 atom stereocenters. The summed E-state index contributed by atoms with van der Waals surface area (Å²) >= 11 is 0. The molecule has 5 heteroatoms. The van der Waals surface area contributed by atoms with Gasteiger partial charge >= 0.3 is 0 Å². The maximum absolute atomic E-state index is 12.2. The van der Waals surface area contributed by atoms with Crippen LogP contribution in [0.2, 0.25) is 0 Å². The number of aliphatic hydroxyl groups excluding tert-OH is 1. The number of amides is 2. The third-order valence-electron chi connectivity index (χ3n) is 4.51. The van der Waals surface area contributed by atoms with Crippen molar-refractivity contribution >= 4 is 11.8 Å². The first-order valence-corrected chi connectivity index (χ1v) is 6.79. The van der Waals surface area contributed by atoms with Crippen LogP contribution in [0.3, 0.4) is 0 Å². The summed E-state index contributed by atoms with van der Waals surface area (Å²) in [7, 11) is 0. The van der Waals surface area contributed by atoms with Gasteiger partial charge < -0.3 is 15.3 Å². The molecular weight excluding hydrogens is 232 g/mol. The number of hydrogen-bond acceptors (Lipinski definition) is 3. The molecule has 102 valence electrons. The van der Waals surface area contributed by atoms with Gasteiger partial charge in [-0.3, -0.25) is 9.59 Å². The van der Waals surface area contributed by atoms with Crippen LogP contribution in [0.1, 0.15) is 39.0 Å². The number of piperidine rings is 1. The van der Waals surface area contributed by atoms with Gasteiger partial charge in [0, 0.05) is 26.1 Å². The van der Waals surface area contributed by atoms with Crippen molar-refractivity contribution in [1.82, 2.24) is 10.2 Å². The van der Waals surface area contributed by atoms with Gasteiger partial charge in [0.2, 0.25) is 11.8 Å². The molecule has 2 fully saturated rings. The smallest absolute Gasteiger partial charge is 0.245 e. The maximum Gasteiger partial charge on any atom is 0.245 e. The third-order valence-corrected chi connectivity index (χ3v) is 4.51. The number of nitrogens with zero attached hydrogens (tertiary/aromatic N) is 1. The zero-order valence-electron chi connectivity index (χ0n) is 10.9. The highest BCUT2D eigenvalue weighted by Crippen LogP contribution is 2.34. The van der Waals surface area contributed by atoms with Crippen LogP contribution in [0.4, 0.5) is 0 Å². The van der Waals surface area contributed by atoms with Gasteiger partial charge in [-0.05, 0) is 31.1 Å². The number of hydrogen-bond donors (Lipinski definition) is 2. The third kappa shape index (κ3) is 2.51. The molecule has 2 aliphatic rings. The molecule has 18 heavy (non-hydrogen) atoms. The number of carbonyl (C=O) groups is 2. The first-order valence-electron chi connectivity index (χ1n) is 6.79. The Labute approximate surface area is 108 Å². The quantitative estimate of drug-likeness (QED) is 0.760. The van der Waals surface area contributed by atoms with Crippen LogP contribution in [0.25, 0.3) is 0 Å². The summed E-state index contributed by atoms with van der Waals surface area (Å²) in [5, 5.41) is 12.2. The van der Waals surface area contributed by atoms with Crippen molar-refractivity contribution in [3.05, 3.63) is 0 Å². The van der Waals surface area contributed by atoms with Gasteiger partial charge in [0.15, 0.2) is 0 Å². The fourth-order valence-corrected chi connectivity index (χ4v) is 2.84. The van der Waals surface area contributed by atoms with Gasteiger partial charge in [-0.2, -0.15) is 0 Å². The van der Waals surface area contributed by atoms with Crippen molar-refractivity contribution in [3.63, 3.8) is 0 Å². The van der Waals surface area contributed by atoms with E-state index in [-0.39, 0.29) is 29.9 Å². The molecule has 2 aliphatic heterocycles. The lowest BCUT2D eigenvalue weighted by Crippen LogP contribution is -2.50. The Morgan fingerprint density at radius 2 is 2.17 bits per heavy atom. The molecule has 1 unspecified atom stereocenters. The van der Waals surface area contributed by atoms with Gasteiger partial charge in [0.05, 0.1) is 0 Å². The van der Waals surface area contributed by atoms with E-state index in [0.717, 1.165) is 19.3 Å². The molecule has 0 saturated carbocycles. The first-order chi connectivity index (χ1) is 8.60. The van der Waals surface area contributed by atoms with Gasteiger partial charge in [0.25, 0.3) is 0 Å². The Morgan fingerprint density at radius 1 is 1.50 bits per heavy atom. The fraction of sp³-hybridized carbons (Fsp3) is 0.846. The lowest BCUT2D eigenvalue weighted by Gasteiger charge is -2.40. The number of aliphatic hydroxyl groups is 1. The summed E-state index contributed by atoms with van der Waals surface area (Å²) in [6.07, 6.45) is 3.73. The highest BCUT2D eigenvalue weighted by Gasteiger charge is 2.37. The molecule has 0 aromatic rings. The Kier molecular flexibility index (Phi) is 3.90. The topological polar surface area (TPSA) is 69.6 Å². The summed E-state index contributed by atoms with van der Waals surface area (Å²) in [6.45, 7) is 3.68. The van der Waals surface area contributed by atoms with Crippen LogP contribution in [0.15, 0.2) is 0 Å². The first kappa shape index (κ1) is 13.3. The van der Waals surface area contributed by atoms with Crippen molar-refractivity contribution < 1.29 is 14.7 Å². The van der Waals surface area contributed by atoms with E-state index in [1.807, 2.05) is 4.90 Å². The molecule has 0 spiro atoms. The summed E-state index contributed by atoms with van der Waals surface area (Å²) in [5.41, 5.74) is -0.00426. The largest absolute Gasteiger partial charge is 0.396 e. The highest BCUT2D eigenvalue weighted by molar-refractivity contribution is 5.90. The Hall–Kier alpha value is -1.10. The second kappa shape index (κ2) is 5.26. The predicted molar refractivity (Wildman–Crippen MR) is 66.8 cm³/mol. The van der Waals surface area contributed by atoms with Crippen LogP contribution in [0, 0.1) is 5.41 Å². The Morgan fingerprint density at radius 3 is 2.61 bits per heavy atom. The van der Waals surface area contributed by atoms with E-state index in [1.54, 1.807) is 0 Å². The monoisotopic (exact) mass is 254 g/mol. The van der Waals surface area contributed by atoms with E-state index in [2.05, 4.69) is 12.2 Å². The number of likely N-dealkylation sites (tertiary alicyclic amines) is 1. The molecule has 0 aromatic carbocycles. The molecule has 0 radical (unpaired) electrons. The van der Waals surface area contributed by atoms with E-state index in [0.29, 0.717) is 25.9 Å². The average molecular weight is 254 g/mol. The molecule has 2 heterocycles. The van der Waals surface area contributed by atoms with Crippen LogP contribution < -0.4 is 5.32 Å². The zero-order chi connectivity index (χ0) is 13.2. The standard InChI is InChI=1S/C13H22N2O3/c1-2-13(9-16)5-7-15(8-6-13)12(18)10-3-4-11(17)14-10/h10,16H,2-9H2,1H3,(H,14,17). The number of carbonyl (C=O) groups excluding carboxylic acids is 2. The van der Waals surface area contributed by atoms with Gasteiger partial charge in [-0.25, -0.2) is 0 Å². The number of nitrogens with one attached hydrogen (secondary N) is 1. The second-order valence-corrected chi connectivity index (χ2v) is 5.50. The van der Waals surface area contributed by atoms with Gasteiger partial charge in [-0.1, -0.05) is 6.92 Å². The predicted octanol–water partition coefficient (Wildman–Crippen LogP) is 0.276. The molecular formula is C13H22N2O3. The van der Waals surface area contributed by atoms with Crippen LogP contribution >= 0.6 is 0 Å². The summed E-state index contributed by atoms with van der Waals surface area (Å²) in [4.78, 5) is 25.1. The molecule has 0 aliphatic carbocycles. The fourth-order valence-electron chi connectivity index (χ4n) is 2.84. The normalized spacial score (nSPS) is 27.1. The SMILES string of the molecule is CCC1(CO)CCN(C(=O)C2CCC(=O)N2)CC1. The molecule has 2 amide bonds. The van der Waals surface area contributed by atoms with E-state index < -0.39 is 0 Å². The zero-order valence-corrected chi connectivity index (χ0v) is 10.9. The number of rotatable bonds is 3. The lowest BCUT2D eigenvalue weighted by atomic mass is 9.77. The molecule has 2 saturated heterocycles. The average Bonchev–Trinajstić information content (AvgIpc) is 2.85. The summed E-state index contributed by atoms with van der Waals surface area (Å²) < 4.78 is 0. The molecule has 0 aromatic heterocycles.